The first-order valence-corrected chi connectivity index (χ1v) is 12.1. The van der Waals surface area contributed by atoms with Crippen LogP contribution in [-0.2, 0) is 12.8 Å². The molecule has 0 N–H and O–H groups in total. The SMILES string of the molecule is CCCCc1cnc(CCC2CCC(C3CCC(CCC)CC3)CC2)nc1. The van der Waals surface area contributed by atoms with E-state index in [-0.39, 0.29) is 0 Å². The third-order valence-electron chi connectivity index (χ3n) is 7.50. The van der Waals surface area contributed by atoms with Crippen molar-refractivity contribution >= 4 is 0 Å². The molecule has 0 aliphatic heterocycles. The highest BCUT2D eigenvalue weighted by Crippen LogP contribution is 2.42. The summed E-state index contributed by atoms with van der Waals surface area (Å²) in [6, 6.07) is 0. The van der Waals surface area contributed by atoms with Crippen LogP contribution in [0.15, 0.2) is 12.4 Å². The smallest absolute Gasteiger partial charge is 0.128 e. The largest absolute Gasteiger partial charge is 0.241 e. The molecule has 1 heterocycles. The van der Waals surface area contributed by atoms with Crippen molar-refractivity contribution in [3.05, 3.63) is 23.8 Å². The van der Waals surface area contributed by atoms with Gasteiger partial charge >= 0.3 is 0 Å². The number of hydrogen-bond acceptors (Lipinski definition) is 2. The zero-order chi connectivity index (χ0) is 18.9. The second kappa shape index (κ2) is 11.2. The van der Waals surface area contributed by atoms with Gasteiger partial charge in [-0.1, -0.05) is 58.8 Å². The van der Waals surface area contributed by atoms with Crippen molar-refractivity contribution < 1.29 is 0 Å². The van der Waals surface area contributed by atoms with Crippen molar-refractivity contribution in [2.24, 2.45) is 23.7 Å². The Bertz CT molecular complexity index is 508. The average Bonchev–Trinajstić information content (AvgIpc) is 2.73. The van der Waals surface area contributed by atoms with Gasteiger partial charge in [0, 0.05) is 18.8 Å². The van der Waals surface area contributed by atoms with Crippen LogP contribution in [0.25, 0.3) is 0 Å². The van der Waals surface area contributed by atoms with E-state index in [1.165, 1.54) is 89.0 Å². The zero-order valence-electron chi connectivity index (χ0n) is 18.0. The summed E-state index contributed by atoms with van der Waals surface area (Å²) in [5.74, 6) is 5.12. The van der Waals surface area contributed by atoms with E-state index in [2.05, 4.69) is 36.2 Å². The Labute approximate surface area is 168 Å². The van der Waals surface area contributed by atoms with Crippen LogP contribution in [0.1, 0.15) is 109 Å². The second-order valence-electron chi connectivity index (χ2n) is 9.50. The predicted octanol–water partition coefficient (Wildman–Crippen LogP) is 7.16. The zero-order valence-corrected chi connectivity index (χ0v) is 18.0. The number of unbranched alkanes of at least 4 members (excludes halogenated alkanes) is 1. The molecular formula is C25H42N2. The van der Waals surface area contributed by atoms with Gasteiger partial charge < -0.3 is 0 Å². The Morgan fingerprint density at radius 2 is 1.26 bits per heavy atom. The molecule has 0 spiro atoms. The van der Waals surface area contributed by atoms with Gasteiger partial charge in [-0.15, -0.1) is 0 Å². The van der Waals surface area contributed by atoms with Gasteiger partial charge in [-0.25, -0.2) is 9.97 Å². The van der Waals surface area contributed by atoms with Gasteiger partial charge in [-0.05, 0) is 74.2 Å². The molecule has 0 saturated heterocycles. The fraction of sp³-hybridized carbons (Fsp3) is 0.840. The molecule has 152 valence electrons. The molecule has 0 unspecified atom stereocenters. The van der Waals surface area contributed by atoms with E-state index < -0.39 is 0 Å². The lowest BCUT2D eigenvalue weighted by Crippen LogP contribution is -2.26. The van der Waals surface area contributed by atoms with Crippen LogP contribution in [0.2, 0.25) is 0 Å². The topological polar surface area (TPSA) is 25.8 Å². The molecule has 2 heteroatoms. The molecule has 0 atom stereocenters. The summed E-state index contributed by atoms with van der Waals surface area (Å²) in [6.45, 7) is 4.58. The Hall–Kier alpha value is -0.920. The Balaban J connectivity index is 1.34. The number of aryl methyl sites for hydroxylation is 2. The van der Waals surface area contributed by atoms with Gasteiger partial charge in [0.1, 0.15) is 5.82 Å². The van der Waals surface area contributed by atoms with Gasteiger partial charge in [-0.3, -0.25) is 0 Å². The number of aromatic nitrogens is 2. The lowest BCUT2D eigenvalue weighted by Gasteiger charge is -2.38. The summed E-state index contributed by atoms with van der Waals surface area (Å²) in [5.41, 5.74) is 1.30. The van der Waals surface area contributed by atoms with E-state index in [0.29, 0.717) is 0 Å². The first-order chi connectivity index (χ1) is 13.3. The maximum Gasteiger partial charge on any atom is 0.128 e. The molecule has 0 aromatic carbocycles. The minimum absolute atomic E-state index is 0.918. The molecule has 0 radical (unpaired) electrons. The van der Waals surface area contributed by atoms with Gasteiger partial charge in [-0.2, -0.15) is 0 Å². The predicted molar refractivity (Wildman–Crippen MR) is 115 cm³/mol. The van der Waals surface area contributed by atoms with Gasteiger partial charge in [0.2, 0.25) is 0 Å². The van der Waals surface area contributed by atoms with Crippen LogP contribution in [0.5, 0.6) is 0 Å². The fourth-order valence-electron chi connectivity index (χ4n) is 5.66. The lowest BCUT2D eigenvalue weighted by atomic mass is 9.68. The second-order valence-corrected chi connectivity index (χ2v) is 9.50. The van der Waals surface area contributed by atoms with Crippen molar-refractivity contribution in [1.29, 1.82) is 0 Å². The molecule has 2 nitrogen and oxygen atoms in total. The molecule has 1 aromatic heterocycles. The van der Waals surface area contributed by atoms with Crippen molar-refractivity contribution in [1.82, 2.24) is 9.97 Å². The van der Waals surface area contributed by atoms with Crippen LogP contribution in [0, 0.1) is 23.7 Å². The van der Waals surface area contributed by atoms with E-state index >= 15 is 0 Å². The van der Waals surface area contributed by atoms with Crippen molar-refractivity contribution in [2.45, 2.75) is 110 Å². The summed E-state index contributed by atoms with van der Waals surface area (Å²) in [4.78, 5) is 9.23. The van der Waals surface area contributed by atoms with E-state index in [1.807, 2.05) is 0 Å². The molecule has 3 rings (SSSR count). The Morgan fingerprint density at radius 3 is 1.78 bits per heavy atom. The maximum atomic E-state index is 4.62. The maximum absolute atomic E-state index is 4.62. The highest BCUT2D eigenvalue weighted by Gasteiger charge is 2.30. The highest BCUT2D eigenvalue weighted by molar-refractivity contribution is 5.05. The van der Waals surface area contributed by atoms with Gasteiger partial charge in [0.05, 0.1) is 0 Å². The van der Waals surface area contributed by atoms with Crippen LogP contribution in [0.3, 0.4) is 0 Å². The van der Waals surface area contributed by atoms with Crippen LogP contribution in [0.4, 0.5) is 0 Å². The molecule has 0 amide bonds. The minimum Gasteiger partial charge on any atom is -0.241 e. The summed E-state index contributed by atoms with van der Waals surface area (Å²) in [6.07, 6.45) is 24.9. The van der Waals surface area contributed by atoms with Crippen molar-refractivity contribution in [2.75, 3.05) is 0 Å². The van der Waals surface area contributed by atoms with E-state index in [4.69, 9.17) is 0 Å². The molecule has 0 bridgehead atoms. The summed E-state index contributed by atoms with van der Waals surface area (Å²) in [5, 5.41) is 0. The molecule has 1 aromatic rings. The Morgan fingerprint density at radius 1 is 0.704 bits per heavy atom. The highest BCUT2D eigenvalue weighted by atomic mass is 14.9. The molecule has 27 heavy (non-hydrogen) atoms. The molecule has 2 aliphatic rings. The third kappa shape index (κ3) is 6.57. The first kappa shape index (κ1) is 20.8. The third-order valence-corrected chi connectivity index (χ3v) is 7.50. The van der Waals surface area contributed by atoms with Gasteiger partial charge in [0.25, 0.3) is 0 Å². The molecule has 2 fully saturated rings. The monoisotopic (exact) mass is 370 g/mol. The quantitative estimate of drug-likeness (QED) is 0.460. The molecule has 2 aliphatic carbocycles. The number of rotatable bonds is 9. The summed E-state index contributed by atoms with van der Waals surface area (Å²) >= 11 is 0. The van der Waals surface area contributed by atoms with Crippen LogP contribution < -0.4 is 0 Å². The van der Waals surface area contributed by atoms with Crippen LogP contribution >= 0.6 is 0 Å². The number of hydrogen-bond donors (Lipinski definition) is 0. The van der Waals surface area contributed by atoms with E-state index in [1.54, 1.807) is 0 Å². The van der Waals surface area contributed by atoms with Crippen LogP contribution in [-0.4, -0.2) is 9.97 Å². The Kier molecular flexibility index (Phi) is 8.61. The summed E-state index contributed by atoms with van der Waals surface area (Å²) in [7, 11) is 0. The minimum atomic E-state index is 0.918. The first-order valence-electron chi connectivity index (χ1n) is 12.1. The average molecular weight is 371 g/mol. The molecule has 2 saturated carbocycles. The number of nitrogens with zero attached hydrogens (tertiary/aromatic N) is 2. The molecular weight excluding hydrogens is 328 g/mol. The standard InChI is InChI=1S/C25H42N2/c1-3-5-7-22-18-26-25(27-19-22)17-12-21-10-15-24(16-11-21)23-13-8-20(6-4-2)9-14-23/h18-21,23-24H,3-17H2,1-2H3. The lowest BCUT2D eigenvalue weighted by molar-refractivity contribution is 0.141. The van der Waals surface area contributed by atoms with Crippen molar-refractivity contribution in [3.8, 4) is 0 Å². The fourth-order valence-corrected chi connectivity index (χ4v) is 5.66. The van der Waals surface area contributed by atoms with E-state index in [9.17, 15) is 0 Å². The van der Waals surface area contributed by atoms with Gasteiger partial charge in [0.15, 0.2) is 0 Å². The normalized spacial score (nSPS) is 29.0. The van der Waals surface area contributed by atoms with Crippen molar-refractivity contribution in [3.63, 3.8) is 0 Å². The summed E-state index contributed by atoms with van der Waals surface area (Å²) < 4.78 is 0. The van der Waals surface area contributed by atoms with E-state index in [0.717, 1.165) is 42.3 Å².